The fraction of sp³-hybridized carbons (Fsp3) is 0.500. The highest BCUT2D eigenvalue weighted by atomic mass is 32.1. The highest BCUT2D eigenvalue weighted by molar-refractivity contribution is 7.13. The molecule has 1 amide bonds. The van der Waals surface area contributed by atoms with Gasteiger partial charge in [-0.3, -0.25) is 4.79 Å². The molecule has 3 nitrogen and oxygen atoms in total. The van der Waals surface area contributed by atoms with E-state index in [2.05, 4.69) is 11.4 Å². The van der Waals surface area contributed by atoms with Crippen LogP contribution in [-0.4, -0.2) is 11.4 Å². The average molecular weight is 234 g/mol. The molecule has 16 heavy (non-hydrogen) atoms. The zero-order valence-corrected chi connectivity index (χ0v) is 10.1. The van der Waals surface area contributed by atoms with E-state index in [1.54, 1.807) is 0 Å². The van der Waals surface area contributed by atoms with Crippen LogP contribution < -0.4 is 5.32 Å². The molecule has 1 aliphatic carbocycles. The van der Waals surface area contributed by atoms with Crippen molar-refractivity contribution in [1.29, 1.82) is 5.26 Å². The monoisotopic (exact) mass is 234 g/mol. The minimum absolute atomic E-state index is 0.110. The molecule has 1 fully saturated rings. The van der Waals surface area contributed by atoms with Gasteiger partial charge < -0.3 is 5.32 Å². The molecule has 2 rings (SSSR count). The molecule has 1 N–H and O–H groups in total. The third-order valence-electron chi connectivity index (χ3n) is 2.99. The lowest BCUT2D eigenvalue weighted by molar-refractivity contribution is 0.0925. The van der Waals surface area contributed by atoms with Gasteiger partial charge in [0, 0.05) is 4.88 Å². The van der Waals surface area contributed by atoms with E-state index >= 15 is 0 Å². The molecule has 1 aromatic rings. The lowest BCUT2D eigenvalue weighted by Gasteiger charge is -2.21. The third-order valence-corrected chi connectivity index (χ3v) is 3.99. The predicted molar refractivity (Wildman–Crippen MR) is 63.3 cm³/mol. The number of nitrogens with zero attached hydrogens (tertiary/aromatic N) is 1. The second-order valence-electron chi connectivity index (χ2n) is 4.27. The van der Waals surface area contributed by atoms with Gasteiger partial charge in [0.1, 0.15) is 5.54 Å². The van der Waals surface area contributed by atoms with E-state index < -0.39 is 5.54 Å². The van der Waals surface area contributed by atoms with Crippen LogP contribution in [0, 0.1) is 18.3 Å². The Labute approximate surface area is 99.1 Å². The molecule has 0 unspecified atom stereocenters. The first kappa shape index (κ1) is 11.2. The van der Waals surface area contributed by atoms with Gasteiger partial charge in [-0.2, -0.15) is 5.26 Å². The van der Waals surface area contributed by atoms with Gasteiger partial charge in [-0.15, -0.1) is 11.3 Å². The Kier molecular flexibility index (Phi) is 2.97. The van der Waals surface area contributed by atoms with E-state index in [-0.39, 0.29) is 5.91 Å². The van der Waals surface area contributed by atoms with Crippen molar-refractivity contribution in [1.82, 2.24) is 5.32 Å². The molecule has 0 spiro atoms. The summed E-state index contributed by atoms with van der Waals surface area (Å²) in [4.78, 5) is 13.7. The zero-order valence-electron chi connectivity index (χ0n) is 9.25. The molecule has 0 radical (unpaired) electrons. The second kappa shape index (κ2) is 4.26. The molecule has 0 atom stereocenters. The van der Waals surface area contributed by atoms with E-state index in [9.17, 15) is 4.79 Å². The number of hydrogen-bond acceptors (Lipinski definition) is 3. The van der Waals surface area contributed by atoms with Crippen LogP contribution in [0.5, 0.6) is 0 Å². The van der Waals surface area contributed by atoms with E-state index in [0.717, 1.165) is 30.6 Å². The van der Waals surface area contributed by atoms with Gasteiger partial charge in [-0.25, -0.2) is 0 Å². The van der Waals surface area contributed by atoms with Gasteiger partial charge in [0.2, 0.25) is 0 Å². The van der Waals surface area contributed by atoms with E-state index in [1.807, 2.05) is 19.1 Å². The van der Waals surface area contributed by atoms with Crippen molar-refractivity contribution in [3.8, 4) is 6.07 Å². The summed E-state index contributed by atoms with van der Waals surface area (Å²) >= 11 is 1.47. The molecule has 1 aliphatic rings. The first-order valence-electron chi connectivity index (χ1n) is 5.45. The summed E-state index contributed by atoms with van der Waals surface area (Å²) in [5, 5.41) is 12.0. The van der Waals surface area contributed by atoms with Crippen molar-refractivity contribution >= 4 is 17.2 Å². The maximum Gasteiger partial charge on any atom is 0.262 e. The molecule has 1 aromatic heterocycles. The van der Waals surface area contributed by atoms with Crippen LogP contribution in [0.2, 0.25) is 0 Å². The summed E-state index contributed by atoms with van der Waals surface area (Å²) < 4.78 is 0. The molecule has 1 saturated carbocycles. The summed E-state index contributed by atoms with van der Waals surface area (Å²) in [5.41, 5.74) is -0.616. The Hall–Kier alpha value is -1.34. The van der Waals surface area contributed by atoms with Crippen molar-refractivity contribution in [2.24, 2.45) is 0 Å². The number of nitrogens with one attached hydrogen (secondary N) is 1. The molecular formula is C12H14N2OS. The number of carbonyl (C=O) groups excluding carboxylic acids is 1. The Morgan fingerprint density at radius 2 is 2.19 bits per heavy atom. The fourth-order valence-electron chi connectivity index (χ4n) is 2.08. The Morgan fingerprint density at radius 1 is 1.50 bits per heavy atom. The van der Waals surface area contributed by atoms with Crippen LogP contribution in [0.1, 0.15) is 40.2 Å². The average Bonchev–Trinajstić information content (AvgIpc) is 2.88. The molecule has 0 aromatic carbocycles. The summed E-state index contributed by atoms with van der Waals surface area (Å²) in [5.74, 6) is -0.110. The van der Waals surface area contributed by atoms with Crippen LogP contribution in [0.3, 0.4) is 0 Å². The molecule has 1 heterocycles. The SMILES string of the molecule is Cc1ccc(C(=O)NC2(C#N)CCCC2)s1. The molecule has 84 valence electrons. The number of aryl methyl sites for hydroxylation is 1. The van der Waals surface area contributed by atoms with Crippen LogP contribution in [-0.2, 0) is 0 Å². The second-order valence-corrected chi connectivity index (χ2v) is 5.55. The van der Waals surface area contributed by atoms with Crippen LogP contribution in [0.25, 0.3) is 0 Å². The largest absolute Gasteiger partial charge is 0.333 e. The highest BCUT2D eigenvalue weighted by Crippen LogP contribution is 2.29. The zero-order chi connectivity index (χ0) is 11.6. The number of nitriles is 1. The summed E-state index contributed by atoms with van der Waals surface area (Å²) in [6.07, 6.45) is 3.60. The maximum absolute atomic E-state index is 11.9. The highest BCUT2D eigenvalue weighted by Gasteiger charge is 2.35. The quantitative estimate of drug-likeness (QED) is 0.855. The van der Waals surface area contributed by atoms with E-state index in [0.29, 0.717) is 4.88 Å². The first-order valence-corrected chi connectivity index (χ1v) is 6.27. The number of carbonyl (C=O) groups is 1. The number of thiophene rings is 1. The molecule has 0 saturated heterocycles. The molecule has 0 bridgehead atoms. The number of hydrogen-bond donors (Lipinski definition) is 1. The lowest BCUT2D eigenvalue weighted by Crippen LogP contribution is -2.44. The Balaban J connectivity index is 2.10. The van der Waals surface area contributed by atoms with Gasteiger partial charge in [0.05, 0.1) is 10.9 Å². The standard InChI is InChI=1S/C12H14N2OS/c1-9-4-5-10(16-9)11(15)14-12(8-13)6-2-3-7-12/h4-5H,2-3,6-7H2,1H3,(H,14,15). The van der Waals surface area contributed by atoms with Gasteiger partial charge in [-0.05, 0) is 44.7 Å². The van der Waals surface area contributed by atoms with Gasteiger partial charge in [0.15, 0.2) is 0 Å². The predicted octanol–water partition coefficient (Wildman–Crippen LogP) is 2.62. The van der Waals surface area contributed by atoms with Crippen molar-refractivity contribution in [3.63, 3.8) is 0 Å². The first-order chi connectivity index (χ1) is 7.65. The van der Waals surface area contributed by atoms with Gasteiger partial charge >= 0.3 is 0 Å². The lowest BCUT2D eigenvalue weighted by atomic mass is 10.00. The van der Waals surface area contributed by atoms with E-state index in [1.165, 1.54) is 11.3 Å². The number of rotatable bonds is 2. The van der Waals surface area contributed by atoms with Crippen molar-refractivity contribution in [2.45, 2.75) is 38.1 Å². The van der Waals surface area contributed by atoms with Crippen LogP contribution in [0.4, 0.5) is 0 Å². The fourth-order valence-corrected chi connectivity index (χ4v) is 2.84. The van der Waals surface area contributed by atoms with Crippen LogP contribution in [0.15, 0.2) is 12.1 Å². The Morgan fingerprint density at radius 3 is 2.69 bits per heavy atom. The third kappa shape index (κ3) is 2.10. The minimum atomic E-state index is -0.616. The van der Waals surface area contributed by atoms with E-state index in [4.69, 9.17) is 5.26 Å². The Bertz CT molecular complexity index is 438. The smallest absolute Gasteiger partial charge is 0.262 e. The maximum atomic E-state index is 11.9. The molecule has 4 heteroatoms. The minimum Gasteiger partial charge on any atom is -0.333 e. The molecular weight excluding hydrogens is 220 g/mol. The summed E-state index contributed by atoms with van der Waals surface area (Å²) in [6, 6.07) is 6.00. The van der Waals surface area contributed by atoms with Crippen LogP contribution >= 0.6 is 11.3 Å². The summed E-state index contributed by atoms with van der Waals surface area (Å²) in [6.45, 7) is 1.97. The van der Waals surface area contributed by atoms with Crippen molar-refractivity contribution < 1.29 is 4.79 Å². The van der Waals surface area contributed by atoms with Crippen molar-refractivity contribution in [2.75, 3.05) is 0 Å². The van der Waals surface area contributed by atoms with Gasteiger partial charge in [-0.1, -0.05) is 0 Å². The van der Waals surface area contributed by atoms with Gasteiger partial charge in [0.25, 0.3) is 5.91 Å². The van der Waals surface area contributed by atoms with Crippen molar-refractivity contribution in [3.05, 3.63) is 21.9 Å². The topological polar surface area (TPSA) is 52.9 Å². The number of amides is 1. The summed E-state index contributed by atoms with van der Waals surface area (Å²) in [7, 11) is 0. The molecule has 0 aliphatic heterocycles. The normalized spacial score (nSPS) is 18.0.